The number of sulfonamides is 1. The zero-order valence-electron chi connectivity index (χ0n) is 16.3. The average molecular weight is 435 g/mol. The second-order valence-corrected chi connectivity index (χ2v) is 8.65. The fraction of sp³-hybridized carbons (Fsp3) is 0.588. The molecule has 158 valence electrons. The van der Waals surface area contributed by atoms with Gasteiger partial charge in [-0.3, -0.25) is 14.9 Å². The quantitative estimate of drug-likeness (QED) is 0.512. The molecule has 0 spiro atoms. The monoisotopic (exact) mass is 434 g/mol. The van der Waals surface area contributed by atoms with E-state index in [0.717, 1.165) is 6.07 Å². The Morgan fingerprint density at radius 3 is 2.50 bits per heavy atom. The molecule has 1 N–H and O–H groups in total. The Balaban J connectivity index is 0.00000392. The second kappa shape index (κ2) is 10.1. The Hall–Kier alpha value is -1.75. The van der Waals surface area contributed by atoms with Crippen molar-refractivity contribution in [3.05, 3.63) is 33.9 Å². The predicted octanol–water partition coefficient (Wildman–Crippen LogP) is 1.40. The normalized spacial score (nSPS) is 15.7. The van der Waals surface area contributed by atoms with Crippen molar-refractivity contribution in [3.63, 3.8) is 0 Å². The van der Waals surface area contributed by atoms with Gasteiger partial charge in [-0.15, -0.1) is 12.4 Å². The summed E-state index contributed by atoms with van der Waals surface area (Å²) in [5, 5.41) is 14.0. The van der Waals surface area contributed by atoms with Gasteiger partial charge < -0.3 is 10.2 Å². The molecule has 0 atom stereocenters. The lowest BCUT2D eigenvalue weighted by Gasteiger charge is -2.32. The summed E-state index contributed by atoms with van der Waals surface area (Å²) in [7, 11) is -0.276. The van der Waals surface area contributed by atoms with Gasteiger partial charge in [0.1, 0.15) is 0 Å². The molecule has 2 rings (SSSR count). The summed E-state index contributed by atoms with van der Waals surface area (Å²) in [5.74, 6) is -0.182. The number of non-ortho nitro benzene ring substituents is 1. The Labute approximate surface area is 171 Å². The molecular weight excluding hydrogens is 408 g/mol. The van der Waals surface area contributed by atoms with Gasteiger partial charge >= 0.3 is 0 Å². The first-order valence-electron chi connectivity index (χ1n) is 8.83. The molecule has 1 amide bonds. The van der Waals surface area contributed by atoms with Gasteiger partial charge in [0.15, 0.2) is 0 Å². The topological polar surface area (TPSA) is 113 Å². The number of rotatable bonds is 7. The molecule has 0 saturated carbocycles. The van der Waals surface area contributed by atoms with E-state index in [0.29, 0.717) is 31.5 Å². The maximum absolute atomic E-state index is 12.9. The average Bonchev–Trinajstić information content (AvgIpc) is 2.65. The van der Waals surface area contributed by atoms with E-state index in [1.54, 1.807) is 18.9 Å². The van der Waals surface area contributed by atoms with Crippen LogP contribution in [-0.4, -0.2) is 68.7 Å². The smallest absolute Gasteiger partial charge is 0.270 e. The van der Waals surface area contributed by atoms with Crippen molar-refractivity contribution < 1.29 is 18.1 Å². The summed E-state index contributed by atoms with van der Waals surface area (Å²) >= 11 is 0. The van der Waals surface area contributed by atoms with Crippen molar-refractivity contribution in [2.75, 3.05) is 40.3 Å². The number of nitro benzene ring substituents is 1. The summed E-state index contributed by atoms with van der Waals surface area (Å²) in [6, 6.07) is 3.84. The summed E-state index contributed by atoms with van der Waals surface area (Å²) < 4.78 is 27.2. The molecule has 1 aliphatic heterocycles. The van der Waals surface area contributed by atoms with Crippen LogP contribution in [0.25, 0.3) is 0 Å². The highest BCUT2D eigenvalue weighted by atomic mass is 35.5. The summed E-state index contributed by atoms with van der Waals surface area (Å²) in [4.78, 5) is 24.4. The fourth-order valence-corrected chi connectivity index (χ4v) is 4.88. The van der Waals surface area contributed by atoms with E-state index in [-0.39, 0.29) is 47.9 Å². The minimum Gasteiger partial charge on any atom is -0.344 e. The number of nitrogens with one attached hydrogen (secondary N) is 1. The number of carbonyl (C=O) groups is 1. The predicted molar refractivity (Wildman–Crippen MR) is 108 cm³/mol. The number of aryl methyl sites for hydroxylation is 1. The van der Waals surface area contributed by atoms with Crippen molar-refractivity contribution in [1.82, 2.24) is 14.5 Å². The number of benzene rings is 1. The lowest BCUT2D eigenvalue weighted by atomic mass is 9.97. The molecule has 1 aromatic rings. The minimum atomic E-state index is -3.84. The molecule has 0 bridgehead atoms. The molecular formula is C17H27ClN4O5S. The molecule has 1 heterocycles. The summed E-state index contributed by atoms with van der Waals surface area (Å²) in [6.45, 7) is 3.35. The maximum atomic E-state index is 12.9. The highest BCUT2D eigenvalue weighted by Crippen LogP contribution is 2.28. The molecule has 1 aromatic carbocycles. The van der Waals surface area contributed by atoms with E-state index in [1.165, 1.54) is 16.4 Å². The highest BCUT2D eigenvalue weighted by Gasteiger charge is 2.34. The molecule has 0 unspecified atom stereocenters. The molecule has 28 heavy (non-hydrogen) atoms. The van der Waals surface area contributed by atoms with E-state index in [9.17, 15) is 23.3 Å². The van der Waals surface area contributed by atoms with Crippen LogP contribution < -0.4 is 5.32 Å². The first-order valence-corrected chi connectivity index (χ1v) is 10.3. The maximum Gasteiger partial charge on any atom is 0.270 e. The van der Waals surface area contributed by atoms with Crippen molar-refractivity contribution in [1.29, 1.82) is 0 Å². The zero-order valence-corrected chi connectivity index (χ0v) is 17.9. The van der Waals surface area contributed by atoms with Gasteiger partial charge in [0.2, 0.25) is 15.9 Å². The number of likely N-dealkylation sites (N-methyl/N-ethyl adjacent to an activating group) is 2. The number of nitro groups is 1. The van der Waals surface area contributed by atoms with Crippen LogP contribution in [0.2, 0.25) is 0 Å². The van der Waals surface area contributed by atoms with Gasteiger partial charge in [0, 0.05) is 51.3 Å². The number of amides is 1. The number of hydrogen-bond acceptors (Lipinski definition) is 6. The van der Waals surface area contributed by atoms with Crippen LogP contribution >= 0.6 is 12.4 Å². The van der Waals surface area contributed by atoms with Gasteiger partial charge in [-0.2, -0.15) is 4.31 Å². The van der Waals surface area contributed by atoms with E-state index in [1.807, 2.05) is 7.05 Å². The van der Waals surface area contributed by atoms with E-state index in [2.05, 4.69) is 5.32 Å². The lowest BCUT2D eigenvalue weighted by Crippen LogP contribution is -2.44. The number of halogens is 1. The van der Waals surface area contributed by atoms with Gasteiger partial charge in [0.05, 0.1) is 9.82 Å². The van der Waals surface area contributed by atoms with E-state index in [4.69, 9.17) is 0 Å². The summed E-state index contributed by atoms with van der Waals surface area (Å²) in [6.07, 6.45) is 0.881. The Bertz CT molecular complexity index is 810. The summed E-state index contributed by atoms with van der Waals surface area (Å²) in [5.41, 5.74) is 0.209. The third kappa shape index (κ3) is 5.40. The third-order valence-electron chi connectivity index (χ3n) is 4.88. The first kappa shape index (κ1) is 24.3. The molecule has 1 saturated heterocycles. The van der Waals surface area contributed by atoms with Crippen LogP contribution in [0, 0.1) is 23.0 Å². The van der Waals surface area contributed by atoms with Crippen LogP contribution in [0.3, 0.4) is 0 Å². The molecule has 1 aliphatic rings. The molecule has 9 nitrogen and oxygen atoms in total. The molecule has 1 fully saturated rings. The Morgan fingerprint density at radius 1 is 1.36 bits per heavy atom. The van der Waals surface area contributed by atoms with Crippen molar-refractivity contribution in [3.8, 4) is 0 Å². The van der Waals surface area contributed by atoms with Crippen LogP contribution in [-0.2, 0) is 14.8 Å². The van der Waals surface area contributed by atoms with Crippen LogP contribution in [0.4, 0.5) is 5.69 Å². The fourth-order valence-electron chi connectivity index (χ4n) is 3.16. The highest BCUT2D eigenvalue weighted by molar-refractivity contribution is 7.89. The van der Waals surface area contributed by atoms with Crippen LogP contribution in [0.5, 0.6) is 0 Å². The van der Waals surface area contributed by atoms with E-state index < -0.39 is 14.9 Å². The van der Waals surface area contributed by atoms with Gasteiger partial charge in [-0.25, -0.2) is 8.42 Å². The van der Waals surface area contributed by atoms with Crippen LogP contribution in [0.15, 0.2) is 23.1 Å². The minimum absolute atomic E-state index is 0. The number of hydrogen-bond donors (Lipinski definition) is 1. The molecule has 0 aliphatic carbocycles. The lowest BCUT2D eigenvalue weighted by molar-refractivity contribution is -0.385. The van der Waals surface area contributed by atoms with E-state index >= 15 is 0 Å². The number of piperidine rings is 1. The van der Waals surface area contributed by atoms with Gasteiger partial charge in [-0.1, -0.05) is 6.07 Å². The van der Waals surface area contributed by atoms with Crippen molar-refractivity contribution in [2.24, 2.45) is 5.92 Å². The van der Waals surface area contributed by atoms with Crippen molar-refractivity contribution >= 4 is 34.0 Å². The Morgan fingerprint density at radius 2 is 1.96 bits per heavy atom. The van der Waals surface area contributed by atoms with Crippen LogP contribution in [0.1, 0.15) is 18.4 Å². The molecule has 11 heteroatoms. The number of carbonyl (C=O) groups excluding carboxylic acids is 1. The van der Waals surface area contributed by atoms with Crippen molar-refractivity contribution in [2.45, 2.75) is 24.7 Å². The Kier molecular flexibility index (Phi) is 8.80. The first-order chi connectivity index (χ1) is 12.7. The molecule has 0 aromatic heterocycles. The molecule has 0 radical (unpaired) electrons. The van der Waals surface area contributed by atoms with Gasteiger partial charge in [0.25, 0.3) is 5.69 Å². The second-order valence-electron chi connectivity index (χ2n) is 6.75. The number of nitrogens with zero attached hydrogens (tertiary/aromatic N) is 3. The largest absolute Gasteiger partial charge is 0.344 e. The standard InChI is InChI=1S/C17H26N4O5S.ClH/c1-13-4-5-15(21(23)24)12-16(13)27(25,26)20-9-6-14(7-10-20)17(22)19(3)11-8-18-2;/h4-5,12,14,18H,6-11H2,1-3H3;1H. The SMILES string of the molecule is CNCCN(C)C(=O)C1CCN(S(=O)(=O)c2cc([N+](=O)[O-])ccc2C)CC1.Cl. The van der Waals surface area contributed by atoms with Gasteiger partial charge in [-0.05, 0) is 32.4 Å². The zero-order chi connectivity index (χ0) is 20.2. The third-order valence-corrected chi connectivity index (χ3v) is 6.92.